The average Bonchev–Trinajstić information content (AvgIpc) is 2.66. The summed E-state index contributed by atoms with van der Waals surface area (Å²) in [5.41, 5.74) is 1.54. The fraction of sp³-hybridized carbons (Fsp3) is 0.357. The Hall–Kier alpha value is -1.07. The fourth-order valence-corrected chi connectivity index (χ4v) is 2.89. The van der Waals surface area contributed by atoms with Crippen LogP contribution in [-0.4, -0.2) is 16.1 Å². The third-order valence-corrected chi connectivity index (χ3v) is 3.61. The molecule has 0 amide bonds. The molecule has 0 radical (unpaired) electrons. The van der Waals surface area contributed by atoms with Gasteiger partial charge in [0.2, 0.25) is 5.95 Å². The first-order valence-electron chi connectivity index (χ1n) is 6.33. The van der Waals surface area contributed by atoms with Crippen molar-refractivity contribution in [3.8, 4) is 5.69 Å². The van der Waals surface area contributed by atoms with Crippen molar-refractivity contribution in [2.75, 3.05) is 11.9 Å². The minimum absolute atomic E-state index is 0.335. The molecule has 1 N–H and O–H groups in total. The van der Waals surface area contributed by atoms with Gasteiger partial charge in [-0.05, 0) is 40.9 Å². The number of aryl methyl sites for hydroxylation is 1. The minimum Gasteiger partial charge on any atom is -0.355 e. The second-order valence-electron chi connectivity index (χ2n) is 5.07. The standard InChI is InChI=1S/C14H16BrClFN3/c1-8(2)6-18-14-19-9(3)7-20(14)13-11(15)4-10(17)5-12(13)16/h4-5,7-8H,6H2,1-3H3,(H,18,19). The highest BCUT2D eigenvalue weighted by Crippen LogP contribution is 2.32. The molecule has 0 saturated carbocycles. The number of hydrogen-bond acceptors (Lipinski definition) is 2. The molecule has 0 saturated heterocycles. The predicted octanol–water partition coefficient (Wildman–Crippen LogP) is 4.80. The van der Waals surface area contributed by atoms with E-state index in [2.05, 4.69) is 40.1 Å². The third kappa shape index (κ3) is 3.33. The molecule has 0 fully saturated rings. The maximum atomic E-state index is 13.3. The fourth-order valence-electron chi connectivity index (χ4n) is 1.85. The number of nitrogens with one attached hydrogen (secondary N) is 1. The minimum atomic E-state index is -0.376. The van der Waals surface area contributed by atoms with Gasteiger partial charge in [-0.25, -0.2) is 9.37 Å². The summed E-state index contributed by atoms with van der Waals surface area (Å²) in [5.74, 6) is 0.817. The molecule has 1 aromatic heterocycles. The van der Waals surface area contributed by atoms with Crippen LogP contribution in [-0.2, 0) is 0 Å². The molecule has 1 aromatic carbocycles. The zero-order valence-electron chi connectivity index (χ0n) is 11.5. The van der Waals surface area contributed by atoms with Gasteiger partial charge in [0.05, 0.1) is 16.4 Å². The Morgan fingerprint density at radius 3 is 2.75 bits per heavy atom. The molecule has 6 heteroatoms. The molecular weight excluding hydrogens is 345 g/mol. The molecule has 108 valence electrons. The molecule has 0 aliphatic carbocycles. The van der Waals surface area contributed by atoms with Crippen LogP contribution in [0.4, 0.5) is 10.3 Å². The maximum absolute atomic E-state index is 13.3. The van der Waals surface area contributed by atoms with Crippen LogP contribution in [0.15, 0.2) is 22.8 Å². The molecule has 2 aromatic rings. The quantitative estimate of drug-likeness (QED) is 0.848. The van der Waals surface area contributed by atoms with E-state index in [1.54, 1.807) is 0 Å². The monoisotopic (exact) mass is 359 g/mol. The van der Waals surface area contributed by atoms with Crippen LogP contribution >= 0.6 is 27.5 Å². The van der Waals surface area contributed by atoms with Gasteiger partial charge in [-0.15, -0.1) is 0 Å². The Balaban J connectivity index is 2.47. The topological polar surface area (TPSA) is 29.9 Å². The van der Waals surface area contributed by atoms with Gasteiger partial charge in [0.25, 0.3) is 0 Å². The molecule has 1 heterocycles. The second-order valence-corrected chi connectivity index (χ2v) is 6.33. The number of halogens is 3. The van der Waals surface area contributed by atoms with Crippen molar-refractivity contribution in [3.05, 3.63) is 39.3 Å². The molecular formula is C14H16BrClFN3. The summed E-state index contributed by atoms with van der Waals surface area (Å²) in [5, 5.41) is 3.61. The number of aromatic nitrogens is 2. The van der Waals surface area contributed by atoms with Gasteiger partial charge in [-0.2, -0.15) is 0 Å². The lowest BCUT2D eigenvalue weighted by Crippen LogP contribution is -2.12. The van der Waals surface area contributed by atoms with E-state index in [1.807, 2.05) is 17.7 Å². The van der Waals surface area contributed by atoms with Gasteiger partial charge in [-0.1, -0.05) is 25.4 Å². The Morgan fingerprint density at radius 1 is 1.45 bits per heavy atom. The molecule has 0 unspecified atom stereocenters. The largest absolute Gasteiger partial charge is 0.355 e. The molecule has 0 aliphatic heterocycles. The van der Waals surface area contributed by atoms with Crippen molar-refractivity contribution in [1.82, 2.24) is 9.55 Å². The molecule has 0 spiro atoms. The maximum Gasteiger partial charge on any atom is 0.207 e. The number of hydrogen-bond donors (Lipinski definition) is 1. The number of anilines is 1. The highest BCUT2D eigenvalue weighted by atomic mass is 79.9. The van der Waals surface area contributed by atoms with E-state index in [-0.39, 0.29) is 5.82 Å². The van der Waals surface area contributed by atoms with Gasteiger partial charge in [0.1, 0.15) is 5.82 Å². The summed E-state index contributed by atoms with van der Waals surface area (Å²) < 4.78 is 15.8. The third-order valence-electron chi connectivity index (χ3n) is 2.72. The first-order chi connectivity index (χ1) is 9.38. The molecule has 2 rings (SSSR count). The predicted molar refractivity (Wildman–Crippen MR) is 84.3 cm³/mol. The van der Waals surface area contributed by atoms with E-state index in [0.29, 0.717) is 27.0 Å². The van der Waals surface area contributed by atoms with Crippen LogP contribution in [0.3, 0.4) is 0 Å². The summed E-state index contributed by atoms with van der Waals surface area (Å²) >= 11 is 9.52. The van der Waals surface area contributed by atoms with E-state index in [1.165, 1.54) is 12.1 Å². The zero-order valence-corrected chi connectivity index (χ0v) is 13.9. The number of benzene rings is 1. The Labute approximate surface area is 131 Å². The van der Waals surface area contributed by atoms with Crippen LogP contribution in [0, 0.1) is 18.7 Å². The van der Waals surface area contributed by atoms with Crippen LogP contribution in [0.1, 0.15) is 19.5 Å². The van der Waals surface area contributed by atoms with Crippen molar-refractivity contribution in [2.24, 2.45) is 5.92 Å². The van der Waals surface area contributed by atoms with E-state index in [4.69, 9.17) is 11.6 Å². The van der Waals surface area contributed by atoms with Crippen LogP contribution < -0.4 is 5.32 Å². The summed E-state index contributed by atoms with van der Waals surface area (Å²) in [6.45, 7) is 6.94. The SMILES string of the molecule is Cc1cn(-c2c(Cl)cc(F)cc2Br)c(NCC(C)C)n1. The van der Waals surface area contributed by atoms with E-state index >= 15 is 0 Å². The summed E-state index contributed by atoms with van der Waals surface area (Å²) in [6, 6.07) is 2.69. The Morgan fingerprint density at radius 2 is 2.15 bits per heavy atom. The number of nitrogens with zero attached hydrogens (tertiary/aromatic N) is 2. The lowest BCUT2D eigenvalue weighted by atomic mass is 10.2. The van der Waals surface area contributed by atoms with Crippen molar-refractivity contribution in [1.29, 1.82) is 0 Å². The van der Waals surface area contributed by atoms with E-state index in [0.717, 1.165) is 12.2 Å². The van der Waals surface area contributed by atoms with Crippen molar-refractivity contribution in [3.63, 3.8) is 0 Å². The van der Waals surface area contributed by atoms with Crippen LogP contribution in [0.5, 0.6) is 0 Å². The van der Waals surface area contributed by atoms with Gasteiger partial charge in [0.15, 0.2) is 0 Å². The normalized spacial score (nSPS) is 11.2. The lowest BCUT2D eigenvalue weighted by Gasteiger charge is -2.14. The first-order valence-corrected chi connectivity index (χ1v) is 7.50. The van der Waals surface area contributed by atoms with E-state index in [9.17, 15) is 4.39 Å². The number of rotatable bonds is 4. The summed E-state index contributed by atoms with van der Waals surface area (Å²) in [7, 11) is 0. The molecule has 0 atom stereocenters. The van der Waals surface area contributed by atoms with Crippen LogP contribution in [0.2, 0.25) is 5.02 Å². The van der Waals surface area contributed by atoms with Gasteiger partial charge in [-0.3, -0.25) is 4.57 Å². The summed E-state index contributed by atoms with van der Waals surface area (Å²) in [6.07, 6.45) is 1.87. The van der Waals surface area contributed by atoms with Crippen molar-refractivity contribution in [2.45, 2.75) is 20.8 Å². The van der Waals surface area contributed by atoms with Gasteiger partial charge in [0, 0.05) is 17.2 Å². The number of imidazole rings is 1. The van der Waals surface area contributed by atoms with Gasteiger partial charge >= 0.3 is 0 Å². The smallest absolute Gasteiger partial charge is 0.207 e. The highest BCUT2D eigenvalue weighted by Gasteiger charge is 2.15. The molecule has 0 aliphatic rings. The van der Waals surface area contributed by atoms with Crippen LogP contribution in [0.25, 0.3) is 5.69 Å². The molecule has 0 bridgehead atoms. The summed E-state index contributed by atoms with van der Waals surface area (Å²) in [4.78, 5) is 4.44. The Kier molecular flexibility index (Phi) is 4.70. The van der Waals surface area contributed by atoms with Gasteiger partial charge < -0.3 is 5.32 Å². The Bertz CT molecular complexity index is 602. The van der Waals surface area contributed by atoms with E-state index < -0.39 is 0 Å². The first kappa shape index (κ1) is 15.3. The average molecular weight is 361 g/mol. The zero-order chi connectivity index (χ0) is 14.9. The lowest BCUT2D eigenvalue weighted by molar-refractivity contribution is 0.626. The molecule has 20 heavy (non-hydrogen) atoms. The molecule has 3 nitrogen and oxygen atoms in total. The van der Waals surface area contributed by atoms with Crippen molar-refractivity contribution < 1.29 is 4.39 Å². The highest BCUT2D eigenvalue weighted by molar-refractivity contribution is 9.10. The van der Waals surface area contributed by atoms with Crippen molar-refractivity contribution >= 4 is 33.5 Å². The second kappa shape index (κ2) is 6.14.